The van der Waals surface area contributed by atoms with Crippen molar-refractivity contribution in [2.24, 2.45) is 5.73 Å². The summed E-state index contributed by atoms with van der Waals surface area (Å²) >= 11 is 0. The Bertz CT molecular complexity index is 421. The zero-order chi connectivity index (χ0) is 15.8. The fourth-order valence-electron chi connectivity index (χ4n) is 2.67. The molecule has 0 amide bonds. The predicted octanol–water partition coefficient (Wildman–Crippen LogP) is 4.33. The van der Waals surface area contributed by atoms with Crippen LogP contribution in [0.3, 0.4) is 0 Å². The summed E-state index contributed by atoms with van der Waals surface area (Å²) in [6, 6.07) is 0. The number of allylic oxidation sites excluding steroid dienone is 5. The van der Waals surface area contributed by atoms with Crippen LogP contribution < -0.4 is 5.73 Å². The van der Waals surface area contributed by atoms with Gasteiger partial charge in [-0.15, -0.1) is 0 Å². The molecule has 0 saturated carbocycles. The Balaban J connectivity index is 2.98. The summed E-state index contributed by atoms with van der Waals surface area (Å²) in [5, 5.41) is 0. The first-order valence-electron chi connectivity index (χ1n) is 8.25. The highest BCUT2D eigenvalue weighted by Crippen LogP contribution is 2.30. The SMILES string of the molecule is CCC=C(CCCN)C(C)=CC1=C(CCC)N(C)C(C)O1. The van der Waals surface area contributed by atoms with E-state index in [1.165, 1.54) is 16.8 Å². The third-order valence-corrected chi connectivity index (χ3v) is 3.99. The van der Waals surface area contributed by atoms with E-state index in [0.29, 0.717) is 0 Å². The molecule has 1 heterocycles. The van der Waals surface area contributed by atoms with E-state index in [2.05, 4.69) is 51.8 Å². The molecule has 2 N–H and O–H groups in total. The summed E-state index contributed by atoms with van der Waals surface area (Å²) in [6.07, 6.45) is 10.00. The van der Waals surface area contributed by atoms with Gasteiger partial charge in [0, 0.05) is 7.05 Å². The van der Waals surface area contributed by atoms with Crippen LogP contribution in [0.4, 0.5) is 0 Å². The molecule has 1 aliphatic rings. The van der Waals surface area contributed by atoms with E-state index in [9.17, 15) is 0 Å². The zero-order valence-corrected chi connectivity index (χ0v) is 14.4. The number of hydrogen-bond acceptors (Lipinski definition) is 3. The Labute approximate surface area is 130 Å². The molecule has 0 aromatic heterocycles. The van der Waals surface area contributed by atoms with Crippen LogP contribution in [0.25, 0.3) is 0 Å². The monoisotopic (exact) mass is 292 g/mol. The summed E-state index contributed by atoms with van der Waals surface area (Å²) in [6.45, 7) is 9.42. The summed E-state index contributed by atoms with van der Waals surface area (Å²) in [7, 11) is 2.11. The van der Waals surface area contributed by atoms with Crippen LogP contribution in [0.15, 0.2) is 34.8 Å². The number of hydrogen-bond donors (Lipinski definition) is 1. The van der Waals surface area contributed by atoms with Crippen molar-refractivity contribution in [3.8, 4) is 0 Å². The van der Waals surface area contributed by atoms with Gasteiger partial charge >= 0.3 is 0 Å². The van der Waals surface area contributed by atoms with Crippen molar-refractivity contribution < 1.29 is 4.74 Å². The molecule has 120 valence electrons. The van der Waals surface area contributed by atoms with Crippen molar-refractivity contribution in [1.82, 2.24) is 4.90 Å². The second kappa shape index (κ2) is 8.93. The van der Waals surface area contributed by atoms with Gasteiger partial charge < -0.3 is 15.4 Å². The van der Waals surface area contributed by atoms with Gasteiger partial charge in [-0.1, -0.05) is 26.3 Å². The average Bonchev–Trinajstić information content (AvgIpc) is 2.71. The fraction of sp³-hybridized carbons (Fsp3) is 0.667. The first-order valence-corrected chi connectivity index (χ1v) is 8.25. The molecule has 1 unspecified atom stereocenters. The molecule has 1 rings (SSSR count). The van der Waals surface area contributed by atoms with Crippen LogP contribution >= 0.6 is 0 Å². The van der Waals surface area contributed by atoms with Crippen LogP contribution in [-0.4, -0.2) is 24.7 Å². The molecular weight excluding hydrogens is 260 g/mol. The van der Waals surface area contributed by atoms with E-state index >= 15 is 0 Å². The third kappa shape index (κ3) is 4.92. The standard InChI is InChI=1S/C18H32N2O/c1-6-9-16(11-8-12-19)14(3)13-18-17(10-7-2)20(5)15(4)21-18/h9,13,15H,6-8,10-12,19H2,1-5H3. The first-order chi connectivity index (χ1) is 10.0. The summed E-state index contributed by atoms with van der Waals surface area (Å²) in [5.41, 5.74) is 9.67. The van der Waals surface area contributed by atoms with E-state index in [0.717, 1.165) is 44.4 Å². The Hall–Kier alpha value is -1.22. The van der Waals surface area contributed by atoms with Gasteiger partial charge in [0.15, 0.2) is 6.23 Å². The molecule has 1 atom stereocenters. The minimum atomic E-state index is 0.133. The number of rotatable bonds is 8. The average molecular weight is 292 g/mol. The van der Waals surface area contributed by atoms with Gasteiger partial charge in [-0.25, -0.2) is 0 Å². The largest absolute Gasteiger partial charge is 0.469 e. The van der Waals surface area contributed by atoms with Crippen molar-refractivity contribution >= 4 is 0 Å². The van der Waals surface area contributed by atoms with Crippen molar-refractivity contribution in [2.45, 2.75) is 66.0 Å². The van der Waals surface area contributed by atoms with Gasteiger partial charge in [0.25, 0.3) is 0 Å². The summed E-state index contributed by atoms with van der Waals surface area (Å²) < 4.78 is 6.02. The van der Waals surface area contributed by atoms with Gasteiger partial charge in [-0.3, -0.25) is 0 Å². The number of nitrogens with zero attached hydrogens (tertiary/aromatic N) is 1. The van der Waals surface area contributed by atoms with Crippen molar-refractivity contribution in [1.29, 1.82) is 0 Å². The van der Waals surface area contributed by atoms with Gasteiger partial charge in [0.2, 0.25) is 0 Å². The number of nitrogens with two attached hydrogens (primary N) is 1. The van der Waals surface area contributed by atoms with Gasteiger partial charge in [-0.2, -0.15) is 0 Å². The van der Waals surface area contributed by atoms with E-state index in [4.69, 9.17) is 10.5 Å². The molecular formula is C18H32N2O. The van der Waals surface area contributed by atoms with E-state index in [1.807, 2.05) is 0 Å². The number of ether oxygens (including phenoxy) is 1. The van der Waals surface area contributed by atoms with Gasteiger partial charge in [-0.05, 0) is 63.3 Å². The minimum absolute atomic E-state index is 0.133. The van der Waals surface area contributed by atoms with Crippen LogP contribution in [0.1, 0.15) is 59.8 Å². The van der Waals surface area contributed by atoms with Gasteiger partial charge in [0.05, 0.1) is 5.70 Å². The minimum Gasteiger partial charge on any atom is -0.469 e. The molecule has 21 heavy (non-hydrogen) atoms. The molecule has 0 fully saturated rings. The lowest BCUT2D eigenvalue weighted by Crippen LogP contribution is -2.23. The molecule has 0 aromatic carbocycles. The molecule has 0 aromatic rings. The zero-order valence-electron chi connectivity index (χ0n) is 14.4. The quantitative estimate of drug-likeness (QED) is 0.677. The maximum Gasteiger partial charge on any atom is 0.169 e. The molecule has 0 radical (unpaired) electrons. The highest BCUT2D eigenvalue weighted by Gasteiger charge is 2.25. The Morgan fingerprint density at radius 3 is 2.67 bits per heavy atom. The van der Waals surface area contributed by atoms with E-state index < -0.39 is 0 Å². The second-order valence-electron chi connectivity index (χ2n) is 5.75. The topological polar surface area (TPSA) is 38.5 Å². The predicted molar refractivity (Wildman–Crippen MR) is 90.7 cm³/mol. The molecule has 0 spiro atoms. The van der Waals surface area contributed by atoms with Crippen molar-refractivity contribution in [2.75, 3.05) is 13.6 Å². The Morgan fingerprint density at radius 2 is 2.10 bits per heavy atom. The maximum atomic E-state index is 6.02. The van der Waals surface area contributed by atoms with Crippen molar-refractivity contribution in [3.05, 3.63) is 34.8 Å². The Morgan fingerprint density at radius 1 is 1.38 bits per heavy atom. The normalized spacial score (nSPS) is 20.3. The van der Waals surface area contributed by atoms with Gasteiger partial charge in [0.1, 0.15) is 5.76 Å². The van der Waals surface area contributed by atoms with Crippen molar-refractivity contribution in [3.63, 3.8) is 0 Å². The van der Waals surface area contributed by atoms with Crippen LogP contribution in [0.2, 0.25) is 0 Å². The lowest BCUT2D eigenvalue weighted by molar-refractivity contribution is 0.0757. The lowest BCUT2D eigenvalue weighted by Gasteiger charge is -2.18. The molecule has 0 aliphatic carbocycles. The summed E-state index contributed by atoms with van der Waals surface area (Å²) in [5.74, 6) is 1.04. The van der Waals surface area contributed by atoms with E-state index in [1.54, 1.807) is 0 Å². The summed E-state index contributed by atoms with van der Waals surface area (Å²) in [4.78, 5) is 2.24. The van der Waals surface area contributed by atoms with Crippen LogP contribution in [-0.2, 0) is 4.74 Å². The maximum absolute atomic E-state index is 6.02. The molecule has 3 nitrogen and oxygen atoms in total. The van der Waals surface area contributed by atoms with Crippen LogP contribution in [0, 0.1) is 0 Å². The fourth-order valence-corrected chi connectivity index (χ4v) is 2.67. The third-order valence-electron chi connectivity index (χ3n) is 3.99. The highest BCUT2D eigenvalue weighted by atomic mass is 16.5. The lowest BCUT2D eigenvalue weighted by atomic mass is 10.00. The second-order valence-corrected chi connectivity index (χ2v) is 5.75. The smallest absolute Gasteiger partial charge is 0.169 e. The molecule has 3 heteroatoms. The van der Waals surface area contributed by atoms with E-state index in [-0.39, 0.29) is 6.23 Å². The molecule has 0 bridgehead atoms. The molecule has 0 saturated heterocycles. The highest BCUT2D eigenvalue weighted by molar-refractivity contribution is 5.36. The Kier molecular flexibility index (Phi) is 7.58. The van der Waals surface area contributed by atoms with Crippen LogP contribution in [0.5, 0.6) is 0 Å². The molecule has 1 aliphatic heterocycles. The first kappa shape index (κ1) is 17.8.